The van der Waals surface area contributed by atoms with Gasteiger partial charge in [-0.1, -0.05) is 30.3 Å². The average Bonchev–Trinajstić information content (AvgIpc) is 3.21. The number of likely N-dealkylation sites (tertiary alicyclic amines) is 1. The van der Waals surface area contributed by atoms with Gasteiger partial charge in [0.1, 0.15) is 5.75 Å². The van der Waals surface area contributed by atoms with Crippen LogP contribution >= 0.6 is 0 Å². The summed E-state index contributed by atoms with van der Waals surface area (Å²) in [6.45, 7) is 0.655. The van der Waals surface area contributed by atoms with E-state index < -0.39 is 0 Å². The highest BCUT2D eigenvalue weighted by atomic mass is 16.5. The highest BCUT2D eigenvalue weighted by molar-refractivity contribution is 6.07. The summed E-state index contributed by atoms with van der Waals surface area (Å²) in [6, 6.07) is 17.2. The van der Waals surface area contributed by atoms with Crippen LogP contribution in [0.5, 0.6) is 5.75 Å². The van der Waals surface area contributed by atoms with Crippen molar-refractivity contribution in [3.05, 3.63) is 60.2 Å². The SMILES string of the molecule is COc1ccc2nc(-c3ccccc3)cc(C(=O)N3CCCC3CO)c2c1. The summed E-state index contributed by atoms with van der Waals surface area (Å²) in [5.41, 5.74) is 3.07. The molecular formula is C22H22N2O3. The lowest BCUT2D eigenvalue weighted by molar-refractivity contribution is 0.0679. The topological polar surface area (TPSA) is 62.7 Å². The number of methoxy groups -OCH3 is 1. The Bertz CT molecular complexity index is 972. The van der Waals surface area contributed by atoms with Gasteiger partial charge in [-0.3, -0.25) is 4.79 Å². The van der Waals surface area contributed by atoms with Gasteiger partial charge in [-0.15, -0.1) is 0 Å². The molecule has 1 saturated heterocycles. The second-order valence-corrected chi connectivity index (χ2v) is 6.78. The van der Waals surface area contributed by atoms with E-state index in [0.717, 1.165) is 35.0 Å². The van der Waals surface area contributed by atoms with Crippen LogP contribution in [0.3, 0.4) is 0 Å². The predicted molar refractivity (Wildman–Crippen MR) is 105 cm³/mol. The molecule has 1 N–H and O–H groups in total. The fraction of sp³-hybridized carbons (Fsp3) is 0.273. The minimum Gasteiger partial charge on any atom is -0.497 e. The van der Waals surface area contributed by atoms with Gasteiger partial charge in [0.05, 0.1) is 36.5 Å². The Labute approximate surface area is 158 Å². The van der Waals surface area contributed by atoms with Crippen LogP contribution in [0.25, 0.3) is 22.2 Å². The number of aliphatic hydroxyl groups is 1. The van der Waals surface area contributed by atoms with Gasteiger partial charge in [0.15, 0.2) is 0 Å². The lowest BCUT2D eigenvalue weighted by Crippen LogP contribution is -2.37. The highest BCUT2D eigenvalue weighted by Gasteiger charge is 2.30. The van der Waals surface area contributed by atoms with Gasteiger partial charge in [0.25, 0.3) is 5.91 Å². The number of pyridine rings is 1. The molecule has 0 aliphatic carbocycles. The van der Waals surface area contributed by atoms with Gasteiger partial charge in [-0.2, -0.15) is 0 Å². The molecule has 1 unspecified atom stereocenters. The average molecular weight is 362 g/mol. The lowest BCUT2D eigenvalue weighted by Gasteiger charge is -2.24. The normalized spacial score (nSPS) is 16.7. The van der Waals surface area contributed by atoms with Crippen LogP contribution in [-0.2, 0) is 0 Å². The molecule has 5 heteroatoms. The number of ether oxygens (including phenoxy) is 1. The van der Waals surface area contributed by atoms with Crippen molar-refractivity contribution in [3.63, 3.8) is 0 Å². The van der Waals surface area contributed by atoms with Crippen LogP contribution in [0, 0.1) is 0 Å². The molecule has 4 rings (SSSR count). The van der Waals surface area contributed by atoms with Crippen molar-refractivity contribution in [3.8, 4) is 17.0 Å². The first-order valence-corrected chi connectivity index (χ1v) is 9.17. The van der Waals surface area contributed by atoms with Crippen molar-refractivity contribution in [2.75, 3.05) is 20.3 Å². The molecule has 0 spiro atoms. The van der Waals surface area contributed by atoms with E-state index in [2.05, 4.69) is 0 Å². The molecule has 27 heavy (non-hydrogen) atoms. The number of hydrogen-bond donors (Lipinski definition) is 1. The molecule has 3 aromatic rings. The van der Waals surface area contributed by atoms with E-state index in [-0.39, 0.29) is 18.6 Å². The number of rotatable bonds is 4. The molecule has 2 aromatic carbocycles. The third-order valence-electron chi connectivity index (χ3n) is 5.16. The number of nitrogens with zero attached hydrogens (tertiary/aromatic N) is 2. The van der Waals surface area contributed by atoms with Crippen molar-refractivity contribution >= 4 is 16.8 Å². The largest absolute Gasteiger partial charge is 0.497 e. The van der Waals surface area contributed by atoms with Crippen LogP contribution in [0.4, 0.5) is 0 Å². The fourth-order valence-corrected chi connectivity index (χ4v) is 3.71. The van der Waals surface area contributed by atoms with E-state index in [4.69, 9.17) is 9.72 Å². The number of carbonyl (C=O) groups excluding carboxylic acids is 1. The van der Waals surface area contributed by atoms with Crippen molar-refractivity contribution in [1.29, 1.82) is 0 Å². The molecule has 1 fully saturated rings. The minimum absolute atomic E-state index is 0.0103. The summed E-state index contributed by atoms with van der Waals surface area (Å²) >= 11 is 0. The van der Waals surface area contributed by atoms with E-state index in [1.807, 2.05) is 54.6 Å². The van der Waals surface area contributed by atoms with Gasteiger partial charge in [0.2, 0.25) is 0 Å². The van der Waals surface area contributed by atoms with Crippen molar-refractivity contribution in [2.24, 2.45) is 0 Å². The fourth-order valence-electron chi connectivity index (χ4n) is 3.71. The van der Waals surface area contributed by atoms with Crippen molar-refractivity contribution < 1.29 is 14.6 Å². The summed E-state index contributed by atoms with van der Waals surface area (Å²) in [5.74, 6) is 0.621. The molecule has 0 saturated carbocycles. The van der Waals surface area contributed by atoms with Crippen molar-refractivity contribution in [2.45, 2.75) is 18.9 Å². The summed E-state index contributed by atoms with van der Waals surface area (Å²) in [5, 5.41) is 10.4. The molecule has 138 valence electrons. The maximum atomic E-state index is 13.4. The Morgan fingerprint density at radius 3 is 2.78 bits per heavy atom. The second kappa shape index (κ2) is 7.37. The molecular weight excluding hydrogens is 340 g/mol. The zero-order valence-corrected chi connectivity index (χ0v) is 15.3. The Morgan fingerprint density at radius 2 is 2.04 bits per heavy atom. The number of aliphatic hydroxyl groups excluding tert-OH is 1. The van der Waals surface area contributed by atoms with E-state index in [1.54, 1.807) is 12.0 Å². The number of benzene rings is 2. The van der Waals surface area contributed by atoms with E-state index in [0.29, 0.717) is 17.9 Å². The third kappa shape index (κ3) is 3.26. The van der Waals surface area contributed by atoms with Crippen molar-refractivity contribution in [1.82, 2.24) is 9.88 Å². The third-order valence-corrected chi connectivity index (χ3v) is 5.16. The van der Waals surface area contributed by atoms with Gasteiger partial charge < -0.3 is 14.7 Å². The molecule has 0 radical (unpaired) electrons. The van der Waals surface area contributed by atoms with Crippen LogP contribution in [-0.4, -0.2) is 47.2 Å². The molecule has 1 amide bonds. The number of fused-ring (bicyclic) bond motifs is 1. The molecule has 1 aliphatic rings. The van der Waals surface area contributed by atoms with Crippen LogP contribution in [0.2, 0.25) is 0 Å². The summed E-state index contributed by atoms with van der Waals surface area (Å²) in [4.78, 5) is 19.9. The zero-order valence-electron chi connectivity index (χ0n) is 15.3. The van der Waals surface area contributed by atoms with Crippen LogP contribution in [0.1, 0.15) is 23.2 Å². The molecule has 5 nitrogen and oxygen atoms in total. The predicted octanol–water partition coefficient (Wildman–Crippen LogP) is 3.51. The van der Waals surface area contributed by atoms with Gasteiger partial charge in [0, 0.05) is 17.5 Å². The first-order valence-electron chi connectivity index (χ1n) is 9.17. The highest BCUT2D eigenvalue weighted by Crippen LogP contribution is 2.30. The summed E-state index contributed by atoms with van der Waals surface area (Å²) in [6.07, 6.45) is 1.75. The number of amides is 1. The van der Waals surface area contributed by atoms with Gasteiger partial charge in [-0.05, 0) is 37.1 Å². The minimum atomic E-state index is -0.119. The maximum Gasteiger partial charge on any atom is 0.254 e. The summed E-state index contributed by atoms with van der Waals surface area (Å²) in [7, 11) is 1.61. The zero-order chi connectivity index (χ0) is 18.8. The standard InChI is InChI=1S/C22H22N2O3/c1-27-17-9-10-20-18(12-17)19(22(26)24-11-5-8-16(24)14-25)13-21(23-20)15-6-3-2-4-7-15/h2-4,6-7,9-10,12-13,16,25H,5,8,11,14H2,1H3. The van der Waals surface area contributed by atoms with E-state index in [1.165, 1.54) is 0 Å². The molecule has 0 bridgehead atoms. The van der Waals surface area contributed by atoms with Gasteiger partial charge in [-0.25, -0.2) is 4.98 Å². The first-order chi connectivity index (χ1) is 13.2. The Kier molecular flexibility index (Phi) is 4.77. The summed E-state index contributed by atoms with van der Waals surface area (Å²) < 4.78 is 5.35. The van der Waals surface area contributed by atoms with Crippen LogP contribution in [0.15, 0.2) is 54.6 Å². The quantitative estimate of drug-likeness (QED) is 0.771. The Hall–Kier alpha value is -2.92. The smallest absolute Gasteiger partial charge is 0.254 e. The van der Waals surface area contributed by atoms with E-state index >= 15 is 0 Å². The molecule has 1 aliphatic heterocycles. The van der Waals surface area contributed by atoms with Crippen LogP contribution < -0.4 is 4.74 Å². The Morgan fingerprint density at radius 1 is 1.22 bits per heavy atom. The number of hydrogen-bond acceptors (Lipinski definition) is 4. The lowest BCUT2D eigenvalue weighted by atomic mass is 10.0. The molecule has 1 atom stereocenters. The Balaban J connectivity index is 1.89. The second-order valence-electron chi connectivity index (χ2n) is 6.78. The molecule has 2 heterocycles. The first kappa shape index (κ1) is 17.5. The molecule has 1 aromatic heterocycles. The van der Waals surface area contributed by atoms with E-state index in [9.17, 15) is 9.90 Å². The monoisotopic (exact) mass is 362 g/mol. The van der Waals surface area contributed by atoms with Gasteiger partial charge >= 0.3 is 0 Å². The number of carbonyl (C=O) groups is 1. The number of aromatic nitrogens is 1. The maximum absolute atomic E-state index is 13.4.